The Kier molecular flexibility index (Phi) is 9.85. The van der Waals surface area contributed by atoms with Crippen LogP contribution in [0.1, 0.15) is 91.4 Å². The fourth-order valence-corrected chi connectivity index (χ4v) is 4.41. The maximum atomic E-state index is 12.6. The number of hydrogen-bond donors (Lipinski definition) is 0. The monoisotopic (exact) mass is 461 g/mol. The molecule has 1 aromatic rings. The van der Waals surface area contributed by atoms with Crippen LogP contribution in [0.4, 0.5) is 0 Å². The van der Waals surface area contributed by atoms with Gasteiger partial charge in [-0.15, -0.1) is 0 Å². The second kappa shape index (κ2) is 12.1. The standard InChI is InChI=1S/C31H43NO2/c1-23(16-17-28-25(3)14-10-18-31(28,7)8)12-9-13-24(2)20-27(21-30(4,5)6)34-29(33)26-15-11-19-32-22-26/h9,11-13,15-17,19-20,22,27H,10,14,18,21H2,1-8H3. The van der Waals surface area contributed by atoms with Gasteiger partial charge in [0.05, 0.1) is 5.56 Å². The van der Waals surface area contributed by atoms with Gasteiger partial charge in [-0.05, 0) is 81.1 Å². The van der Waals surface area contributed by atoms with E-state index in [9.17, 15) is 4.79 Å². The topological polar surface area (TPSA) is 39.2 Å². The Balaban J connectivity index is 2.09. The molecule has 34 heavy (non-hydrogen) atoms. The fraction of sp³-hybridized carbons (Fsp3) is 0.484. The highest BCUT2D eigenvalue weighted by molar-refractivity contribution is 5.89. The maximum Gasteiger partial charge on any atom is 0.340 e. The Hall–Kier alpha value is -2.68. The van der Waals surface area contributed by atoms with Gasteiger partial charge in [-0.1, -0.05) is 81.7 Å². The van der Waals surface area contributed by atoms with E-state index in [2.05, 4.69) is 83.8 Å². The molecule has 0 amide bonds. The summed E-state index contributed by atoms with van der Waals surface area (Å²) in [6, 6.07) is 3.47. The lowest BCUT2D eigenvalue weighted by atomic mass is 9.72. The van der Waals surface area contributed by atoms with Crippen molar-refractivity contribution < 1.29 is 9.53 Å². The van der Waals surface area contributed by atoms with Gasteiger partial charge in [0.25, 0.3) is 0 Å². The zero-order valence-electron chi connectivity index (χ0n) is 22.4. The van der Waals surface area contributed by atoms with E-state index in [1.54, 1.807) is 24.5 Å². The third-order valence-electron chi connectivity index (χ3n) is 6.19. The molecule has 1 aromatic heterocycles. The predicted octanol–water partition coefficient (Wildman–Crippen LogP) is 8.57. The predicted molar refractivity (Wildman–Crippen MR) is 144 cm³/mol. The van der Waals surface area contributed by atoms with Crippen molar-refractivity contribution in [3.63, 3.8) is 0 Å². The van der Waals surface area contributed by atoms with Crippen LogP contribution in [0.15, 0.2) is 83.3 Å². The molecule has 0 saturated carbocycles. The van der Waals surface area contributed by atoms with Crippen molar-refractivity contribution in [1.82, 2.24) is 4.98 Å². The van der Waals surface area contributed by atoms with E-state index >= 15 is 0 Å². The van der Waals surface area contributed by atoms with Crippen molar-refractivity contribution in [3.05, 3.63) is 88.8 Å². The third kappa shape index (κ3) is 9.29. The zero-order chi connectivity index (χ0) is 25.4. The summed E-state index contributed by atoms with van der Waals surface area (Å²) in [4.78, 5) is 16.6. The molecule has 0 aliphatic heterocycles. The third-order valence-corrected chi connectivity index (χ3v) is 6.19. The minimum Gasteiger partial charge on any atom is -0.454 e. The fourth-order valence-electron chi connectivity index (χ4n) is 4.41. The van der Waals surface area contributed by atoms with Gasteiger partial charge in [0.1, 0.15) is 6.10 Å². The molecule has 3 nitrogen and oxygen atoms in total. The molecule has 0 spiro atoms. The molecule has 0 radical (unpaired) electrons. The lowest BCUT2D eigenvalue weighted by Crippen LogP contribution is -2.23. The van der Waals surface area contributed by atoms with Gasteiger partial charge in [0.15, 0.2) is 0 Å². The summed E-state index contributed by atoms with van der Waals surface area (Å²) >= 11 is 0. The van der Waals surface area contributed by atoms with E-state index in [0.29, 0.717) is 5.56 Å². The van der Waals surface area contributed by atoms with E-state index in [1.807, 2.05) is 13.0 Å². The lowest BCUT2D eigenvalue weighted by molar-refractivity contribution is 0.0319. The van der Waals surface area contributed by atoms with Crippen LogP contribution in [0, 0.1) is 10.8 Å². The number of aromatic nitrogens is 1. The van der Waals surface area contributed by atoms with Gasteiger partial charge in [-0.3, -0.25) is 4.98 Å². The molecule has 1 unspecified atom stereocenters. The van der Waals surface area contributed by atoms with Crippen LogP contribution in [0.2, 0.25) is 0 Å². The van der Waals surface area contributed by atoms with Gasteiger partial charge in [0.2, 0.25) is 0 Å². The summed E-state index contributed by atoms with van der Waals surface area (Å²) in [7, 11) is 0. The molecule has 0 aromatic carbocycles. The Morgan fingerprint density at radius 3 is 2.56 bits per heavy atom. The Labute approximate surface area is 207 Å². The van der Waals surface area contributed by atoms with Crippen LogP contribution in [0.5, 0.6) is 0 Å². The highest BCUT2D eigenvalue weighted by Crippen LogP contribution is 2.40. The number of pyridine rings is 1. The molecule has 0 saturated heterocycles. The van der Waals surface area contributed by atoms with E-state index in [-0.39, 0.29) is 22.9 Å². The summed E-state index contributed by atoms with van der Waals surface area (Å²) in [6.07, 6.45) is 20.2. The SMILES string of the molecule is CC(C=CC1=C(C)CCCC1(C)C)=CC=CC(C)=CC(CC(C)(C)C)OC(=O)c1cccnc1. The minimum atomic E-state index is -0.341. The van der Waals surface area contributed by atoms with Crippen molar-refractivity contribution in [2.24, 2.45) is 10.8 Å². The summed E-state index contributed by atoms with van der Waals surface area (Å²) in [5, 5.41) is 0. The molecule has 0 N–H and O–H groups in total. The zero-order valence-corrected chi connectivity index (χ0v) is 22.4. The van der Waals surface area contributed by atoms with Crippen LogP contribution in [0.25, 0.3) is 0 Å². The molecule has 1 atom stereocenters. The van der Waals surface area contributed by atoms with Crippen molar-refractivity contribution in [2.45, 2.75) is 87.2 Å². The quantitative estimate of drug-likeness (QED) is 0.287. The van der Waals surface area contributed by atoms with Crippen molar-refractivity contribution in [1.29, 1.82) is 0 Å². The molecular formula is C31H43NO2. The highest BCUT2D eigenvalue weighted by Gasteiger charge is 2.26. The van der Waals surface area contributed by atoms with E-state index < -0.39 is 0 Å². The number of esters is 1. The first kappa shape index (κ1) is 27.6. The van der Waals surface area contributed by atoms with E-state index in [0.717, 1.165) is 12.0 Å². The molecule has 3 heteroatoms. The number of hydrogen-bond acceptors (Lipinski definition) is 3. The number of allylic oxidation sites excluding steroid dienone is 9. The number of rotatable bonds is 8. The summed E-state index contributed by atoms with van der Waals surface area (Å²) in [6.45, 7) is 17.6. The Morgan fingerprint density at radius 2 is 1.94 bits per heavy atom. The molecular weight excluding hydrogens is 418 g/mol. The molecule has 0 bridgehead atoms. The first-order valence-corrected chi connectivity index (χ1v) is 12.4. The average molecular weight is 462 g/mol. The first-order valence-electron chi connectivity index (χ1n) is 12.4. The normalized spacial score (nSPS) is 18.6. The summed E-state index contributed by atoms with van der Waals surface area (Å²) in [5.41, 5.74) is 6.02. The molecule has 1 aliphatic carbocycles. The number of nitrogens with zero attached hydrogens (tertiary/aromatic N) is 1. The second-order valence-electron chi connectivity index (χ2n) is 11.4. The summed E-state index contributed by atoms with van der Waals surface area (Å²) < 4.78 is 5.83. The van der Waals surface area contributed by atoms with Crippen LogP contribution < -0.4 is 0 Å². The van der Waals surface area contributed by atoms with Crippen molar-refractivity contribution >= 4 is 5.97 Å². The molecule has 2 rings (SSSR count). The average Bonchev–Trinajstić information content (AvgIpc) is 2.72. The van der Waals surface area contributed by atoms with Crippen LogP contribution >= 0.6 is 0 Å². The molecule has 184 valence electrons. The van der Waals surface area contributed by atoms with E-state index in [1.165, 1.54) is 36.0 Å². The van der Waals surface area contributed by atoms with Gasteiger partial charge in [0, 0.05) is 12.4 Å². The van der Waals surface area contributed by atoms with Gasteiger partial charge < -0.3 is 4.74 Å². The number of ether oxygens (including phenoxy) is 1. The van der Waals surface area contributed by atoms with Crippen molar-refractivity contribution in [3.8, 4) is 0 Å². The lowest BCUT2D eigenvalue weighted by Gasteiger charge is -2.32. The van der Waals surface area contributed by atoms with Gasteiger partial charge >= 0.3 is 5.97 Å². The Bertz CT molecular complexity index is 982. The summed E-state index contributed by atoms with van der Waals surface area (Å²) in [5.74, 6) is -0.341. The number of carbonyl (C=O) groups is 1. The maximum absolute atomic E-state index is 12.6. The molecule has 1 heterocycles. The van der Waals surface area contributed by atoms with Crippen LogP contribution in [0.3, 0.4) is 0 Å². The molecule has 0 fully saturated rings. The highest BCUT2D eigenvalue weighted by atomic mass is 16.5. The largest absolute Gasteiger partial charge is 0.454 e. The Morgan fingerprint density at radius 1 is 1.21 bits per heavy atom. The molecule has 1 aliphatic rings. The first-order chi connectivity index (χ1) is 15.9. The smallest absolute Gasteiger partial charge is 0.340 e. The van der Waals surface area contributed by atoms with Crippen LogP contribution in [-0.2, 0) is 4.74 Å². The van der Waals surface area contributed by atoms with Gasteiger partial charge in [-0.2, -0.15) is 0 Å². The minimum absolute atomic E-state index is 0.0291. The van der Waals surface area contributed by atoms with Gasteiger partial charge in [-0.25, -0.2) is 4.79 Å². The number of carbonyl (C=O) groups excluding carboxylic acids is 1. The van der Waals surface area contributed by atoms with Crippen LogP contribution in [-0.4, -0.2) is 17.1 Å². The van der Waals surface area contributed by atoms with Crippen molar-refractivity contribution in [2.75, 3.05) is 0 Å². The second-order valence-corrected chi connectivity index (χ2v) is 11.4. The van der Waals surface area contributed by atoms with E-state index in [4.69, 9.17) is 4.74 Å².